The number of fused-ring (bicyclic) bond motifs is 1. The van der Waals surface area contributed by atoms with Gasteiger partial charge in [0.1, 0.15) is 0 Å². The van der Waals surface area contributed by atoms with Gasteiger partial charge in [0, 0.05) is 26.2 Å². The van der Waals surface area contributed by atoms with Crippen molar-refractivity contribution in [2.24, 2.45) is 11.7 Å². The standard InChI is InChI=1S/C15H21N3O/c1-17-9-10-18(14-8-3-2-7-13(14)17)15(19)11-5-4-6-12(11)16/h2-3,7-8,11-12H,4-6,9-10,16H2,1H3. The number of para-hydroxylation sites is 2. The van der Waals surface area contributed by atoms with Crippen LogP contribution in [0.4, 0.5) is 11.4 Å². The van der Waals surface area contributed by atoms with Crippen LogP contribution >= 0.6 is 0 Å². The first-order chi connectivity index (χ1) is 9.18. The fraction of sp³-hybridized carbons (Fsp3) is 0.533. The van der Waals surface area contributed by atoms with E-state index < -0.39 is 0 Å². The van der Waals surface area contributed by atoms with E-state index in [0.29, 0.717) is 0 Å². The summed E-state index contributed by atoms with van der Waals surface area (Å²) in [6.45, 7) is 1.64. The lowest BCUT2D eigenvalue weighted by Gasteiger charge is -2.37. The van der Waals surface area contributed by atoms with Crippen LogP contribution < -0.4 is 15.5 Å². The van der Waals surface area contributed by atoms with Crippen LogP contribution in [-0.4, -0.2) is 32.1 Å². The summed E-state index contributed by atoms with van der Waals surface area (Å²) in [6.07, 6.45) is 2.99. The largest absolute Gasteiger partial charge is 0.371 e. The highest BCUT2D eigenvalue weighted by Crippen LogP contribution is 2.35. The normalized spacial score (nSPS) is 26.4. The smallest absolute Gasteiger partial charge is 0.231 e. The molecule has 2 atom stereocenters. The second kappa shape index (κ2) is 4.85. The third-order valence-corrected chi connectivity index (χ3v) is 4.40. The summed E-state index contributed by atoms with van der Waals surface area (Å²) in [5.74, 6) is 0.224. The molecule has 1 amide bonds. The lowest BCUT2D eigenvalue weighted by atomic mass is 10.0. The van der Waals surface area contributed by atoms with Crippen molar-refractivity contribution in [3.05, 3.63) is 24.3 Å². The summed E-state index contributed by atoms with van der Waals surface area (Å²) in [5, 5.41) is 0. The molecule has 19 heavy (non-hydrogen) atoms. The summed E-state index contributed by atoms with van der Waals surface area (Å²) < 4.78 is 0. The molecule has 1 aliphatic carbocycles. The third kappa shape index (κ3) is 2.10. The molecule has 0 aromatic heterocycles. The van der Waals surface area contributed by atoms with Crippen LogP contribution in [0.2, 0.25) is 0 Å². The fourth-order valence-corrected chi connectivity index (χ4v) is 3.23. The predicted octanol–water partition coefficient (Wildman–Crippen LogP) is 1.60. The number of likely N-dealkylation sites (N-methyl/N-ethyl adjacent to an activating group) is 1. The minimum Gasteiger partial charge on any atom is -0.371 e. The van der Waals surface area contributed by atoms with Crippen molar-refractivity contribution < 1.29 is 4.79 Å². The minimum absolute atomic E-state index is 0.0106. The molecule has 2 unspecified atom stereocenters. The number of benzene rings is 1. The average molecular weight is 259 g/mol. The molecule has 0 spiro atoms. The van der Waals surface area contributed by atoms with Gasteiger partial charge in [0.15, 0.2) is 0 Å². The quantitative estimate of drug-likeness (QED) is 0.833. The molecular weight excluding hydrogens is 238 g/mol. The molecule has 0 radical (unpaired) electrons. The highest BCUT2D eigenvalue weighted by molar-refractivity contribution is 5.99. The molecule has 1 heterocycles. The molecule has 1 fully saturated rings. The lowest BCUT2D eigenvalue weighted by molar-refractivity contribution is -0.122. The Hall–Kier alpha value is -1.55. The first-order valence-corrected chi connectivity index (χ1v) is 7.05. The van der Waals surface area contributed by atoms with E-state index in [9.17, 15) is 4.79 Å². The Morgan fingerprint density at radius 3 is 2.63 bits per heavy atom. The lowest BCUT2D eigenvalue weighted by Crippen LogP contribution is -2.47. The summed E-state index contributed by atoms with van der Waals surface area (Å²) in [7, 11) is 2.07. The van der Waals surface area contributed by atoms with Gasteiger partial charge in [-0.3, -0.25) is 4.79 Å². The Balaban J connectivity index is 1.90. The van der Waals surface area contributed by atoms with Gasteiger partial charge in [0.2, 0.25) is 5.91 Å². The molecule has 4 nitrogen and oxygen atoms in total. The Morgan fingerprint density at radius 2 is 1.95 bits per heavy atom. The van der Waals surface area contributed by atoms with E-state index in [1.165, 1.54) is 0 Å². The van der Waals surface area contributed by atoms with Crippen molar-refractivity contribution in [3.8, 4) is 0 Å². The maximum Gasteiger partial charge on any atom is 0.231 e. The van der Waals surface area contributed by atoms with E-state index in [1.54, 1.807) is 0 Å². The summed E-state index contributed by atoms with van der Waals surface area (Å²) in [4.78, 5) is 16.8. The van der Waals surface area contributed by atoms with Gasteiger partial charge in [0.05, 0.1) is 17.3 Å². The third-order valence-electron chi connectivity index (χ3n) is 4.40. The van der Waals surface area contributed by atoms with Gasteiger partial charge in [-0.25, -0.2) is 0 Å². The molecule has 0 saturated heterocycles. The topological polar surface area (TPSA) is 49.6 Å². The van der Waals surface area contributed by atoms with E-state index in [2.05, 4.69) is 18.0 Å². The molecule has 1 aromatic rings. The second-order valence-corrected chi connectivity index (χ2v) is 5.60. The van der Waals surface area contributed by atoms with Gasteiger partial charge in [-0.05, 0) is 25.0 Å². The monoisotopic (exact) mass is 259 g/mol. The van der Waals surface area contributed by atoms with Crippen molar-refractivity contribution in [3.63, 3.8) is 0 Å². The molecule has 3 rings (SSSR count). The van der Waals surface area contributed by atoms with Crippen molar-refractivity contribution in [1.29, 1.82) is 0 Å². The van der Waals surface area contributed by atoms with Crippen LogP contribution in [0.5, 0.6) is 0 Å². The number of hydrogen-bond acceptors (Lipinski definition) is 3. The Kier molecular flexibility index (Phi) is 3.19. The van der Waals surface area contributed by atoms with Gasteiger partial charge >= 0.3 is 0 Å². The number of nitrogens with zero attached hydrogens (tertiary/aromatic N) is 2. The molecule has 0 bridgehead atoms. The number of anilines is 2. The number of nitrogens with two attached hydrogens (primary N) is 1. The molecule has 2 aliphatic rings. The van der Waals surface area contributed by atoms with Crippen LogP contribution in [-0.2, 0) is 4.79 Å². The minimum atomic E-state index is 0.0106. The average Bonchev–Trinajstić information content (AvgIpc) is 2.85. The van der Waals surface area contributed by atoms with E-state index in [-0.39, 0.29) is 17.9 Å². The summed E-state index contributed by atoms with van der Waals surface area (Å²) >= 11 is 0. The van der Waals surface area contributed by atoms with E-state index in [1.807, 2.05) is 23.1 Å². The van der Waals surface area contributed by atoms with Crippen molar-refractivity contribution >= 4 is 17.3 Å². The number of rotatable bonds is 1. The number of carbonyl (C=O) groups is 1. The van der Waals surface area contributed by atoms with Gasteiger partial charge in [-0.15, -0.1) is 0 Å². The highest BCUT2D eigenvalue weighted by atomic mass is 16.2. The number of amides is 1. The molecule has 4 heteroatoms. The first-order valence-electron chi connectivity index (χ1n) is 7.05. The van der Waals surface area contributed by atoms with E-state index >= 15 is 0 Å². The first kappa shape index (κ1) is 12.5. The van der Waals surface area contributed by atoms with Gasteiger partial charge in [0.25, 0.3) is 0 Å². The van der Waals surface area contributed by atoms with Crippen LogP contribution in [0, 0.1) is 5.92 Å². The summed E-state index contributed by atoms with van der Waals surface area (Å²) in [5.41, 5.74) is 8.24. The SMILES string of the molecule is CN1CCN(C(=O)C2CCCC2N)c2ccccc21. The Bertz CT molecular complexity index is 488. The Morgan fingerprint density at radius 1 is 1.21 bits per heavy atom. The molecule has 1 saturated carbocycles. The van der Waals surface area contributed by atoms with Crippen molar-refractivity contribution in [2.75, 3.05) is 29.9 Å². The van der Waals surface area contributed by atoms with E-state index in [0.717, 1.165) is 43.7 Å². The predicted molar refractivity (Wildman–Crippen MR) is 77.4 cm³/mol. The maximum absolute atomic E-state index is 12.7. The zero-order valence-corrected chi connectivity index (χ0v) is 11.4. The van der Waals surface area contributed by atoms with Crippen LogP contribution in [0.3, 0.4) is 0 Å². The molecular formula is C15H21N3O. The van der Waals surface area contributed by atoms with Gasteiger partial charge < -0.3 is 15.5 Å². The van der Waals surface area contributed by atoms with Crippen LogP contribution in [0.15, 0.2) is 24.3 Å². The van der Waals surface area contributed by atoms with Crippen LogP contribution in [0.1, 0.15) is 19.3 Å². The van der Waals surface area contributed by atoms with Gasteiger partial charge in [-0.2, -0.15) is 0 Å². The zero-order chi connectivity index (χ0) is 13.4. The van der Waals surface area contributed by atoms with Crippen LogP contribution in [0.25, 0.3) is 0 Å². The van der Waals surface area contributed by atoms with Crippen molar-refractivity contribution in [2.45, 2.75) is 25.3 Å². The summed E-state index contributed by atoms with van der Waals surface area (Å²) in [6, 6.07) is 8.16. The zero-order valence-electron chi connectivity index (χ0n) is 11.4. The molecule has 102 valence electrons. The fourth-order valence-electron chi connectivity index (χ4n) is 3.23. The number of hydrogen-bond donors (Lipinski definition) is 1. The second-order valence-electron chi connectivity index (χ2n) is 5.60. The maximum atomic E-state index is 12.7. The van der Waals surface area contributed by atoms with Gasteiger partial charge in [-0.1, -0.05) is 18.6 Å². The van der Waals surface area contributed by atoms with E-state index in [4.69, 9.17) is 5.73 Å². The molecule has 1 aliphatic heterocycles. The van der Waals surface area contributed by atoms with Crippen molar-refractivity contribution in [1.82, 2.24) is 0 Å². The Labute approximate surface area is 114 Å². The highest BCUT2D eigenvalue weighted by Gasteiger charge is 2.35. The molecule has 2 N–H and O–H groups in total. The number of carbonyl (C=O) groups excluding carboxylic acids is 1. The molecule has 1 aromatic carbocycles.